The van der Waals surface area contributed by atoms with Crippen LogP contribution < -0.4 is 11.1 Å². The van der Waals surface area contributed by atoms with E-state index >= 15 is 0 Å². The molecule has 5 nitrogen and oxygen atoms in total. The lowest BCUT2D eigenvalue weighted by Gasteiger charge is -2.31. The molecule has 0 radical (unpaired) electrons. The van der Waals surface area contributed by atoms with Crippen LogP contribution in [0, 0.1) is 0 Å². The molecule has 19 heavy (non-hydrogen) atoms. The number of aryl methyl sites for hydroxylation is 1. The van der Waals surface area contributed by atoms with E-state index in [0.29, 0.717) is 23.2 Å². The van der Waals surface area contributed by atoms with Crippen molar-refractivity contribution in [1.29, 1.82) is 0 Å². The Morgan fingerprint density at radius 2 is 2.32 bits per heavy atom. The fourth-order valence-corrected chi connectivity index (χ4v) is 3.60. The third kappa shape index (κ3) is 3.05. The molecule has 0 aliphatic heterocycles. The first-order valence-electron chi connectivity index (χ1n) is 6.82. The van der Waals surface area contributed by atoms with E-state index in [9.17, 15) is 4.79 Å². The summed E-state index contributed by atoms with van der Waals surface area (Å²) >= 11 is 1.84. The van der Waals surface area contributed by atoms with E-state index in [2.05, 4.69) is 16.7 Å². The van der Waals surface area contributed by atoms with Gasteiger partial charge in [0.2, 0.25) is 0 Å². The summed E-state index contributed by atoms with van der Waals surface area (Å²) in [6.07, 6.45) is 8.33. The molecule has 1 aromatic heterocycles. The Hall–Kier alpha value is -1.17. The highest BCUT2D eigenvalue weighted by Crippen LogP contribution is 2.27. The Morgan fingerprint density at radius 3 is 3.00 bits per heavy atom. The second kappa shape index (κ2) is 6.32. The van der Waals surface area contributed by atoms with Crippen molar-refractivity contribution in [3.8, 4) is 0 Å². The van der Waals surface area contributed by atoms with Gasteiger partial charge in [-0.05, 0) is 26.0 Å². The average Bonchev–Trinajstić information content (AvgIpc) is 2.80. The van der Waals surface area contributed by atoms with E-state index in [4.69, 9.17) is 5.73 Å². The smallest absolute Gasteiger partial charge is 0.271 e. The van der Waals surface area contributed by atoms with Gasteiger partial charge in [0.25, 0.3) is 5.91 Å². The van der Waals surface area contributed by atoms with Gasteiger partial charge in [-0.2, -0.15) is 16.9 Å². The molecule has 1 amide bonds. The van der Waals surface area contributed by atoms with Crippen LogP contribution in [0.5, 0.6) is 0 Å². The lowest BCUT2D eigenvalue weighted by molar-refractivity contribution is 0.0919. The van der Waals surface area contributed by atoms with Crippen LogP contribution in [0.4, 0.5) is 5.69 Å². The number of carbonyl (C=O) groups excluding carboxylic acids is 1. The van der Waals surface area contributed by atoms with E-state index < -0.39 is 0 Å². The largest absolute Gasteiger partial charge is 0.396 e. The van der Waals surface area contributed by atoms with Crippen LogP contribution in [-0.4, -0.2) is 33.2 Å². The molecular weight excluding hydrogens is 260 g/mol. The highest BCUT2D eigenvalue weighted by Gasteiger charge is 2.27. The first-order valence-corrected chi connectivity index (χ1v) is 8.11. The van der Waals surface area contributed by atoms with Crippen molar-refractivity contribution in [2.75, 3.05) is 12.0 Å². The Labute approximate surface area is 118 Å². The molecule has 0 saturated heterocycles. The van der Waals surface area contributed by atoms with Crippen molar-refractivity contribution in [3.05, 3.63) is 11.9 Å². The second-order valence-corrected chi connectivity index (χ2v) is 5.98. The fourth-order valence-electron chi connectivity index (χ4n) is 2.67. The minimum Gasteiger partial charge on any atom is -0.396 e. The van der Waals surface area contributed by atoms with Gasteiger partial charge in [0.05, 0.1) is 11.9 Å². The molecule has 1 fully saturated rings. The van der Waals surface area contributed by atoms with E-state index in [-0.39, 0.29) is 11.9 Å². The zero-order valence-electron chi connectivity index (χ0n) is 11.6. The SMILES string of the molecule is CCn1ncc(N)c1C(=O)NC1CCCCC1SC. The first-order chi connectivity index (χ1) is 9.17. The third-order valence-electron chi connectivity index (χ3n) is 3.70. The van der Waals surface area contributed by atoms with Crippen LogP contribution >= 0.6 is 11.8 Å². The van der Waals surface area contributed by atoms with Crippen molar-refractivity contribution in [2.45, 2.75) is 50.4 Å². The number of nitrogens with two attached hydrogens (primary N) is 1. The zero-order valence-corrected chi connectivity index (χ0v) is 12.4. The van der Waals surface area contributed by atoms with Crippen LogP contribution in [0.15, 0.2) is 6.20 Å². The summed E-state index contributed by atoms with van der Waals surface area (Å²) in [5.74, 6) is -0.0946. The zero-order chi connectivity index (χ0) is 13.8. The molecule has 6 heteroatoms. The lowest BCUT2D eigenvalue weighted by atomic mass is 9.94. The summed E-state index contributed by atoms with van der Waals surface area (Å²) in [7, 11) is 0. The predicted molar refractivity (Wildman–Crippen MR) is 79.3 cm³/mol. The molecular formula is C13H22N4OS. The average molecular weight is 282 g/mol. The standard InChI is InChI=1S/C13H22N4OS/c1-3-17-12(9(14)8-15-17)13(18)16-10-6-4-5-7-11(10)19-2/h8,10-11H,3-7,14H2,1-2H3,(H,16,18). The highest BCUT2D eigenvalue weighted by atomic mass is 32.2. The summed E-state index contributed by atoms with van der Waals surface area (Å²) in [6, 6.07) is 0.246. The molecule has 1 aromatic rings. The first kappa shape index (κ1) is 14.2. The van der Waals surface area contributed by atoms with E-state index in [1.807, 2.05) is 18.7 Å². The summed E-state index contributed by atoms with van der Waals surface area (Å²) in [4.78, 5) is 12.4. The van der Waals surface area contributed by atoms with Crippen molar-refractivity contribution >= 4 is 23.4 Å². The summed E-state index contributed by atoms with van der Waals surface area (Å²) in [5.41, 5.74) is 6.79. The van der Waals surface area contributed by atoms with Crippen LogP contribution in [0.3, 0.4) is 0 Å². The van der Waals surface area contributed by atoms with Gasteiger partial charge in [-0.1, -0.05) is 12.8 Å². The van der Waals surface area contributed by atoms with Crippen molar-refractivity contribution in [2.24, 2.45) is 0 Å². The minimum absolute atomic E-state index is 0.0946. The lowest BCUT2D eigenvalue weighted by Crippen LogP contribution is -2.44. The Balaban J connectivity index is 2.09. The maximum Gasteiger partial charge on any atom is 0.271 e. The maximum absolute atomic E-state index is 12.4. The van der Waals surface area contributed by atoms with Crippen LogP contribution in [0.25, 0.3) is 0 Å². The number of amides is 1. The van der Waals surface area contributed by atoms with E-state index in [1.54, 1.807) is 10.9 Å². The van der Waals surface area contributed by atoms with Crippen molar-refractivity contribution < 1.29 is 4.79 Å². The Bertz CT molecular complexity index is 446. The number of aromatic nitrogens is 2. The van der Waals surface area contributed by atoms with Gasteiger partial charge in [0, 0.05) is 17.8 Å². The molecule has 1 saturated carbocycles. The van der Waals surface area contributed by atoms with Crippen LogP contribution in [0.2, 0.25) is 0 Å². The summed E-state index contributed by atoms with van der Waals surface area (Å²) in [6.45, 7) is 2.60. The molecule has 0 aromatic carbocycles. The van der Waals surface area contributed by atoms with Gasteiger partial charge in [-0.25, -0.2) is 0 Å². The van der Waals surface area contributed by atoms with Gasteiger partial charge in [-0.3, -0.25) is 9.48 Å². The van der Waals surface area contributed by atoms with Gasteiger partial charge in [0.15, 0.2) is 0 Å². The molecule has 0 bridgehead atoms. The number of rotatable bonds is 4. The normalized spacial score (nSPS) is 23.3. The Morgan fingerprint density at radius 1 is 1.58 bits per heavy atom. The number of thioether (sulfide) groups is 1. The molecule has 1 heterocycles. The highest BCUT2D eigenvalue weighted by molar-refractivity contribution is 7.99. The van der Waals surface area contributed by atoms with Crippen molar-refractivity contribution in [3.63, 3.8) is 0 Å². The second-order valence-electron chi connectivity index (χ2n) is 4.90. The third-order valence-corrected chi connectivity index (χ3v) is 4.87. The van der Waals surface area contributed by atoms with Crippen LogP contribution in [-0.2, 0) is 6.54 Å². The number of nitrogens with zero attached hydrogens (tertiary/aromatic N) is 2. The molecule has 1 aliphatic carbocycles. The van der Waals surface area contributed by atoms with E-state index in [1.165, 1.54) is 19.3 Å². The number of hydrogen-bond acceptors (Lipinski definition) is 4. The number of nitrogen functional groups attached to an aromatic ring is 1. The Kier molecular flexibility index (Phi) is 4.74. The van der Waals surface area contributed by atoms with E-state index in [0.717, 1.165) is 6.42 Å². The molecule has 2 unspecified atom stereocenters. The molecule has 2 atom stereocenters. The number of nitrogens with one attached hydrogen (secondary N) is 1. The fraction of sp³-hybridized carbons (Fsp3) is 0.692. The number of hydrogen-bond donors (Lipinski definition) is 2. The van der Waals surface area contributed by atoms with Gasteiger partial charge < -0.3 is 11.1 Å². The molecule has 2 rings (SSSR count). The minimum atomic E-state index is -0.0946. The van der Waals surface area contributed by atoms with Gasteiger partial charge >= 0.3 is 0 Å². The molecule has 1 aliphatic rings. The predicted octanol–water partition coefficient (Wildman–Crippen LogP) is 1.89. The topological polar surface area (TPSA) is 72.9 Å². The molecule has 0 spiro atoms. The van der Waals surface area contributed by atoms with Gasteiger partial charge in [-0.15, -0.1) is 0 Å². The molecule has 3 N–H and O–H groups in total. The van der Waals surface area contributed by atoms with Gasteiger partial charge in [0.1, 0.15) is 5.69 Å². The monoisotopic (exact) mass is 282 g/mol. The van der Waals surface area contributed by atoms with Crippen LogP contribution in [0.1, 0.15) is 43.1 Å². The summed E-state index contributed by atoms with van der Waals surface area (Å²) < 4.78 is 1.65. The number of anilines is 1. The quantitative estimate of drug-likeness (QED) is 0.884. The number of carbonyl (C=O) groups is 1. The molecule has 106 valence electrons. The maximum atomic E-state index is 12.4. The summed E-state index contributed by atoms with van der Waals surface area (Å²) in [5, 5.41) is 7.76. The van der Waals surface area contributed by atoms with Crippen molar-refractivity contribution in [1.82, 2.24) is 15.1 Å².